The fourth-order valence-electron chi connectivity index (χ4n) is 2.06. The summed E-state index contributed by atoms with van der Waals surface area (Å²) in [5, 5.41) is 9.04. The number of carbonyl (C=O) groups is 1. The molecule has 15 heavy (non-hydrogen) atoms. The van der Waals surface area contributed by atoms with E-state index in [1.54, 1.807) is 7.11 Å². The molecule has 4 nitrogen and oxygen atoms in total. The Kier molecular flexibility index (Phi) is 4.54. The van der Waals surface area contributed by atoms with Crippen molar-refractivity contribution in [3.63, 3.8) is 0 Å². The van der Waals surface area contributed by atoms with E-state index >= 15 is 0 Å². The van der Waals surface area contributed by atoms with Crippen molar-refractivity contribution in [3.05, 3.63) is 0 Å². The van der Waals surface area contributed by atoms with Gasteiger partial charge in [0.05, 0.1) is 12.6 Å². The third kappa shape index (κ3) is 2.92. The Labute approximate surface area is 91.2 Å². The van der Waals surface area contributed by atoms with Gasteiger partial charge >= 0.3 is 0 Å². The summed E-state index contributed by atoms with van der Waals surface area (Å²) >= 11 is 0. The molecule has 1 rings (SSSR count). The van der Waals surface area contributed by atoms with E-state index in [2.05, 4.69) is 13.8 Å². The molecule has 0 aromatic rings. The molecule has 1 aliphatic rings. The summed E-state index contributed by atoms with van der Waals surface area (Å²) in [6.07, 6.45) is 0.476. The number of hydrogen-bond donors (Lipinski definition) is 1. The van der Waals surface area contributed by atoms with Gasteiger partial charge in [0.1, 0.15) is 0 Å². The Morgan fingerprint density at radius 2 is 2.27 bits per heavy atom. The highest BCUT2D eigenvalue weighted by atomic mass is 16.5. The number of aliphatic hydroxyl groups excluding tert-OH is 1. The average molecular weight is 215 g/mol. The van der Waals surface area contributed by atoms with Gasteiger partial charge in [-0.15, -0.1) is 0 Å². The number of likely N-dealkylation sites (tertiary alicyclic amines) is 1. The van der Waals surface area contributed by atoms with E-state index in [9.17, 15) is 4.79 Å². The van der Waals surface area contributed by atoms with Crippen molar-refractivity contribution in [1.82, 2.24) is 4.90 Å². The molecule has 0 aliphatic carbocycles. The summed E-state index contributed by atoms with van der Waals surface area (Å²) in [4.78, 5) is 13.6. The van der Waals surface area contributed by atoms with E-state index in [0.717, 1.165) is 0 Å². The maximum absolute atomic E-state index is 11.7. The van der Waals surface area contributed by atoms with Crippen molar-refractivity contribution in [2.75, 3.05) is 26.9 Å². The summed E-state index contributed by atoms with van der Waals surface area (Å²) < 4.78 is 5.14. The van der Waals surface area contributed by atoms with Gasteiger partial charge in [-0.3, -0.25) is 4.79 Å². The smallest absolute Gasteiger partial charge is 0.223 e. The first-order valence-electron chi connectivity index (χ1n) is 5.49. The number of nitrogens with zero attached hydrogens (tertiary/aromatic N) is 1. The molecule has 1 aliphatic heterocycles. The molecule has 1 saturated heterocycles. The van der Waals surface area contributed by atoms with Crippen molar-refractivity contribution in [3.8, 4) is 0 Å². The maximum Gasteiger partial charge on any atom is 0.223 e. The molecular formula is C11H21NO3. The molecule has 0 saturated carbocycles. The second kappa shape index (κ2) is 5.47. The highest BCUT2D eigenvalue weighted by Crippen LogP contribution is 2.23. The third-order valence-electron chi connectivity index (χ3n) is 3.00. The standard InChI is InChI=1S/C11H21NO3/c1-8(2)10(7-15-3)12-5-9(6-13)4-11(12)14/h8-10,13H,4-7H2,1-3H3. The highest BCUT2D eigenvalue weighted by Gasteiger charge is 2.35. The van der Waals surface area contributed by atoms with Crippen LogP contribution >= 0.6 is 0 Å². The van der Waals surface area contributed by atoms with Gasteiger partial charge in [-0.25, -0.2) is 0 Å². The number of carbonyl (C=O) groups excluding carboxylic acids is 1. The van der Waals surface area contributed by atoms with Gasteiger partial charge in [0.2, 0.25) is 5.91 Å². The van der Waals surface area contributed by atoms with Crippen molar-refractivity contribution in [2.45, 2.75) is 26.3 Å². The van der Waals surface area contributed by atoms with Crippen LogP contribution in [0.15, 0.2) is 0 Å². The number of methoxy groups -OCH3 is 1. The molecule has 0 aromatic carbocycles. The number of rotatable bonds is 5. The largest absolute Gasteiger partial charge is 0.396 e. The molecule has 0 spiro atoms. The number of amides is 1. The molecular weight excluding hydrogens is 194 g/mol. The summed E-state index contributed by atoms with van der Waals surface area (Å²) in [5.41, 5.74) is 0. The van der Waals surface area contributed by atoms with Crippen molar-refractivity contribution >= 4 is 5.91 Å². The van der Waals surface area contributed by atoms with Crippen LogP contribution in [0.25, 0.3) is 0 Å². The molecule has 0 aromatic heterocycles. The van der Waals surface area contributed by atoms with Crippen LogP contribution in [-0.2, 0) is 9.53 Å². The molecule has 4 heteroatoms. The Hall–Kier alpha value is -0.610. The van der Waals surface area contributed by atoms with Crippen LogP contribution in [0, 0.1) is 11.8 Å². The third-order valence-corrected chi connectivity index (χ3v) is 3.00. The van der Waals surface area contributed by atoms with E-state index in [4.69, 9.17) is 9.84 Å². The molecule has 1 amide bonds. The van der Waals surface area contributed by atoms with E-state index < -0.39 is 0 Å². The zero-order valence-electron chi connectivity index (χ0n) is 9.77. The molecule has 0 bridgehead atoms. The first-order valence-corrected chi connectivity index (χ1v) is 5.49. The predicted octanol–water partition coefficient (Wildman–Crippen LogP) is 0.498. The van der Waals surface area contributed by atoms with Crippen LogP contribution in [0.3, 0.4) is 0 Å². The fraction of sp³-hybridized carbons (Fsp3) is 0.909. The van der Waals surface area contributed by atoms with Gasteiger partial charge in [0, 0.05) is 32.6 Å². The number of ether oxygens (including phenoxy) is 1. The van der Waals surface area contributed by atoms with Gasteiger partial charge in [-0.1, -0.05) is 13.8 Å². The highest BCUT2D eigenvalue weighted by molar-refractivity contribution is 5.79. The van der Waals surface area contributed by atoms with Crippen LogP contribution in [0.1, 0.15) is 20.3 Å². The second-order valence-corrected chi connectivity index (χ2v) is 4.57. The first-order chi connectivity index (χ1) is 7.10. The summed E-state index contributed by atoms with van der Waals surface area (Å²) in [6, 6.07) is 0.138. The van der Waals surface area contributed by atoms with E-state index in [1.807, 2.05) is 4.90 Å². The minimum Gasteiger partial charge on any atom is -0.396 e. The zero-order chi connectivity index (χ0) is 11.4. The zero-order valence-corrected chi connectivity index (χ0v) is 9.77. The molecule has 0 radical (unpaired) electrons. The number of aliphatic hydroxyl groups is 1. The van der Waals surface area contributed by atoms with Crippen molar-refractivity contribution < 1.29 is 14.6 Å². The summed E-state index contributed by atoms with van der Waals surface area (Å²) in [5.74, 6) is 0.631. The topological polar surface area (TPSA) is 49.8 Å². The van der Waals surface area contributed by atoms with Gasteiger partial charge < -0.3 is 14.7 Å². The fourth-order valence-corrected chi connectivity index (χ4v) is 2.06. The molecule has 2 atom stereocenters. The number of hydrogen-bond acceptors (Lipinski definition) is 3. The Morgan fingerprint density at radius 3 is 2.67 bits per heavy atom. The van der Waals surface area contributed by atoms with E-state index in [0.29, 0.717) is 25.5 Å². The van der Waals surface area contributed by atoms with Gasteiger partial charge in [0.15, 0.2) is 0 Å². The van der Waals surface area contributed by atoms with E-state index in [-0.39, 0.29) is 24.5 Å². The minimum atomic E-state index is 0.0973. The second-order valence-electron chi connectivity index (χ2n) is 4.57. The lowest BCUT2D eigenvalue weighted by Gasteiger charge is -2.30. The molecule has 88 valence electrons. The van der Waals surface area contributed by atoms with Crippen LogP contribution in [0.5, 0.6) is 0 Å². The van der Waals surface area contributed by atoms with Gasteiger partial charge in [-0.05, 0) is 5.92 Å². The van der Waals surface area contributed by atoms with Crippen molar-refractivity contribution in [2.24, 2.45) is 11.8 Å². The van der Waals surface area contributed by atoms with Crippen molar-refractivity contribution in [1.29, 1.82) is 0 Å². The lowest BCUT2D eigenvalue weighted by Crippen LogP contribution is -2.43. The minimum absolute atomic E-state index is 0.0973. The quantitative estimate of drug-likeness (QED) is 0.726. The Balaban J connectivity index is 2.63. The van der Waals surface area contributed by atoms with Crippen LogP contribution in [-0.4, -0.2) is 48.8 Å². The van der Waals surface area contributed by atoms with Gasteiger partial charge in [0.25, 0.3) is 0 Å². The van der Waals surface area contributed by atoms with Crippen LogP contribution in [0.4, 0.5) is 0 Å². The lowest BCUT2D eigenvalue weighted by molar-refractivity contribution is -0.131. The summed E-state index contributed by atoms with van der Waals surface area (Å²) in [6.45, 7) is 5.51. The molecule has 1 N–H and O–H groups in total. The van der Waals surface area contributed by atoms with E-state index in [1.165, 1.54) is 0 Å². The predicted molar refractivity (Wildman–Crippen MR) is 57.4 cm³/mol. The summed E-state index contributed by atoms with van der Waals surface area (Å²) in [7, 11) is 1.65. The maximum atomic E-state index is 11.7. The molecule has 2 unspecified atom stereocenters. The molecule has 1 heterocycles. The first kappa shape index (κ1) is 12.5. The average Bonchev–Trinajstić information content (AvgIpc) is 2.55. The van der Waals surface area contributed by atoms with Crippen LogP contribution in [0.2, 0.25) is 0 Å². The van der Waals surface area contributed by atoms with Crippen LogP contribution < -0.4 is 0 Å². The van der Waals surface area contributed by atoms with Gasteiger partial charge in [-0.2, -0.15) is 0 Å². The normalized spacial score (nSPS) is 23.9. The monoisotopic (exact) mass is 215 g/mol. The SMILES string of the molecule is COCC(C(C)C)N1CC(CO)CC1=O. The Morgan fingerprint density at radius 1 is 1.60 bits per heavy atom. The Bertz CT molecular complexity index is 218. The molecule has 1 fully saturated rings. The lowest BCUT2D eigenvalue weighted by atomic mass is 10.0.